The van der Waals surface area contributed by atoms with Crippen LogP contribution in [0.1, 0.15) is 5.56 Å². The van der Waals surface area contributed by atoms with Gasteiger partial charge in [-0.05, 0) is 11.6 Å². The maximum atomic E-state index is 11.4. The third-order valence-corrected chi connectivity index (χ3v) is 6.56. The number of sulfone groups is 1. The Bertz CT molecular complexity index is 503. The average molecular weight is 387 g/mol. The van der Waals surface area contributed by atoms with E-state index in [9.17, 15) is 8.42 Å². The van der Waals surface area contributed by atoms with Crippen molar-refractivity contribution in [3.8, 4) is 0 Å². The minimum Gasteiger partial charge on any atom is -0.371 e. The van der Waals surface area contributed by atoms with Crippen molar-refractivity contribution >= 4 is 44.0 Å². The molecule has 0 spiro atoms. The van der Waals surface area contributed by atoms with Crippen LogP contribution in [-0.4, -0.2) is 30.0 Å². The van der Waals surface area contributed by atoms with E-state index in [0.717, 1.165) is 5.56 Å². The van der Waals surface area contributed by atoms with Gasteiger partial charge in [0.1, 0.15) is 0 Å². The molecule has 1 aliphatic rings. The van der Waals surface area contributed by atoms with Gasteiger partial charge in [0.2, 0.25) is 0 Å². The third kappa shape index (κ3) is 3.56. The zero-order valence-corrected chi connectivity index (χ0v) is 12.7. The number of benzene rings is 1. The second-order valence-electron chi connectivity index (χ2n) is 4.03. The first-order valence-electron chi connectivity index (χ1n) is 5.17. The van der Waals surface area contributed by atoms with E-state index in [2.05, 4.69) is 22.6 Å². The zero-order chi connectivity index (χ0) is 12.5. The number of halogens is 2. The van der Waals surface area contributed by atoms with Gasteiger partial charge in [0.15, 0.2) is 9.84 Å². The minimum atomic E-state index is -2.92. The van der Waals surface area contributed by atoms with Gasteiger partial charge in [-0.15, -0.1) is 0 Å². The zero-order valence-electron chi connectivity index (χ0n) is 8.97. The molecule has 2 atom stereocenters. The Hall–Kier alpha value is 0.150. The van der Waals surface area contributed by atoms with Crippen molar-refractivity contribution in [2.75, 3.05) is 11.5 Å². The van der Waals surface area contributed by atoms with Crippen molar-refractivity contribution in [2.24, 2.45) is 0 Å². The summed E-state index contributed by atoms with van der Waals surface area (Å²) in [5, 5.41) is 0.651. The van der Waals surface area contributed by atoms with Gasteiger partial charge < -0.3 is 4.74 Å². The van der Waals surface area contributed by atoms with Crippen LogP contribution in [0.2, 0.25) is 5.02 Å². The summed E-state index contributed by atoms with van der Waals surface area (Å²) < 4.78 is 28.5. The lowest BCUT2D eigenvalue weighted by atomic mass is 10.2. The number of rotatable bonds is 3. The molecule has 94 valence electrons. The van der Waals surface area contributed by atoms with E-state index in [1.54, 1.807) is 6.07 Å². The summed E-state index contributed by atoms with van der Waals surface area (Å²) in [5.74, 6) is 0.325. The third-order valence-electron chi connectivity index (χ3n) is 2.65. The van der Waals surface area contributed by atoms with Gasteiger partial charge in [-0.25, -0.2) is 8.42 Å². The van der Waals surface area contributed by atoms with E-state index < -0.39 is 9.84 Å². The summed E-state index contributed by atoms with van der Waals surface area (Å²) >= 11 is 8.14. The molecule has 2 rings (SSSR count). The normalized spacial score (nSPS) is 27.2. The van der Waals surface area contributed by atoms with Crippen molar-refractivity contribution in [1.29, 1.82) is 0 Å². The van der Waals surface area contributed by atoms with Crippen LogP contribution in [0.4, 0.5) is 0 Å². The van der Waals surface area contributed by atoms with Crippen molar-refractivity contribution in [2.45, 2.75) is 16.6 Å². The molecular weight excluding hydrogens is 375 g/mol. The fourth-order valence-electron chi connectivity index (χ4n) is 1.74. The lowest BCUT2D eigenvalue weighted by Gasteiger charge is -2.14. The molecule has 1 aliphatic heterocycles. The summed E-state index contributed by atoms with van der Waals surface area (Å²) in [6, 6.07) is 7.42. The van der Waals surface area contributed by atoms with Gasteiger partial charge >= 0.3 is 0 Å². The summed E-state index contributed by atoms with van der Waals surface area (Å²) in [6.07, 6.45) is -0.225. The van der Waals surface area contributed by atoms with Crippen LogP contribution in [0.3, 0.4) is 0 Å². The van der Waals surface area contributed by atoms with E-state index in [1.807, 2.05) is 18.2 Å². The molecule has 0 aliphatic carbocycles. The molecule has 0 amide bonds. The summed E-state index contributed by atoms with van der Waals surface area (Å²) in [5.41, 5.74) is 0.891. The average Bonchev–Trinajstić information content (AvgIpc) is 2.51. The summed E-state index contributed by atoms with van der Waals surface area (Å²) in [7, 11) is -2.92. The lowest BCUT2D eigenvalue weighted by molar-refractivity contribution is 0.0640. The Balaban J connectivity index is 1.98. The number of ether oxygens (including phenoxy) is 1. The minimum absolute atomic E-state index is 0.0279. The van der Waals surface area contributed by atoms with Crippen molar-refractivity contribution in [3.63, 3.8) is 0 Å². The van der Waals surface area contributed by atoms with Gasteiger partial charge in [-0.2, -0.15) is 0 Å². The smallest absolute Gasteiger partial charge is 0.154 e. The topological polar surface area (TPSA) is 43.4 Å². The fraction of sp³-hybridized carbons (Fsp3) is 0.455. The van der Waals surface area contributed by atoms with Gasteiger partial charge in [0, 0.05) is 5.02 Å². The van der Waals surface area contributed by atoms with Crippen LogP contribution < -0.4 is 0 Å². The fourth-order valence-corrected chi connectivity index (χ4v) is 6.04. The van der Waals surface area contributed by atoms with Crippen LogP contribution in [0.5, 0.6) is 0 Å². The summed E-state index contributed by atoms with van der Waals surface area (Å²) in [4.78, 5) is 0. The first-order chi connectivity index (χ1) is 7.98. The van der Waals surface area contributed by atoms with Crippen LogP contribution in [0.25, 0.3) is 0 Å². The molecule has 1 saturated heterocycles. The number of hydrogen-bond donors (Lipinski definition) is 0. The van der Waals surface area contributed by atoms with Crippen LogP contribution in [0.15, 0.2) is 24.3 Å². The molecule has 3 nitrogen and oxygen atoms in total. The van der Waals surface area contributed by atoms with Crippen LogP contribution >= 0.6 is 34.2 Å². The van der Waals surface area contributed by atoms with Crippen molar-refractivity contribution in [1.82, 2.24) is 0 Å². The molecule has 0 bridgehead atoms. The molecule has 1 aromatic carbocycles. The van der Waals surface area contributed by atoms with Gasteiger partial charge in [0.25, 0.3) is 0 Å². The lowest BCUT2D eigenvalue weighted by Crippen LogP contribution is -2.22. The van der Waals surface area contributed by atoms with E-state index in [-0.39, 0.29) is 21.5 Å². The second-order valence-corrected chi connectivity index (χ2v) is 8.19. The Kier molecular flexibility index (Phi) is 4.33. The number of hydrogen-bond acceptors (Lipinski definition) is 3. The Morgan fingerprint density at radius 2 is 2.06 bits per heavy atom. The van der Waals surface area contributed by atoms with Gasteiger partial charge in [0.05, 0.1) is 28.1 Å². The Morgan fingerprint density at radius 3 is 2.65 bits per heavy atom. The monoisotopic (exact) mass is 386 g/mol. The quantitative estimate of drug-likeness (QED) is 0.592. The highest BCUT2D eigenvalue weighted by atomic mass is 127. The predicted molar refractivity (Wildman–Crippen MR) is 76.5 cm³/mol. The molecule has 1 heterocycles. The molecule has 2 unspecified atom stereocenters. The van der Waals surface area contributed by atoms with Crippen LogP contribution in [-0.2, 0) is 21.2 Å². The van der Waals surface area contributed by atoms with E-state index in [4.69, 9.17) is 16.3 Å². The number of alkyl halides is 1. The molecular formula is C11H12ClIO3S. The molecule has 0 aromatic heterocycles. The maximum absolute atomic E-state index is 11.4. The molecule has 17 heavy (non-hydrogen) atoms. The molecule has 6 heteroatoms. The molecule has 0 N–H and O–H groups in total. The van der Waals surface area contributed by atoms with Gasteiger partial charge in [-0.1, -0.05) is 52.4 Å². The molecule has 1 fully saturated rings. The highest BCUT2D eigenvalue weighted by Crippen LogP contribution is 2.25. The maximum Gasteiger partial charge on any atom is 0.154 e. The van der Waals surface area contributed by atoms with Gasteiger partial charge in [-0.3, -0.25) is 0 Å². The Labute approximate surface area is 120 Å². The first-order valence-corrected chi connectivity index (χ1v) is 8.62. The largest absolute Gasteiger partial charge is 0.371 e. The van der Waals surface area contributed by atoms with Crippen molar-refractivity contribution < 1.29 is 13.2 Å². The van der Waals surface area contributed by atoms with E-state index in [0.29, 0.717) is 11.6 Å². The van der Waals surface area contributed by atoms with E-state index >= 15 is 0 Å². The van der Waals surface area contributed by atoms with Crippen LogP contribution in [0, 0.1) is 0 Å². The molecule has 0 radical (unpaired) electrons. The molecule has 1 aromatic rings. The predicted octanol–water partition coefficient (Wildman–Crippen LogP) is 2.46. The highest BCUT2D eigenvalue weighted by Gasteiger charge is 2.36. The second kappa shape index (κ2) is 5.42. The standard InChI is InChI=1S/C11H12ClIO3S/c12-9-4-2-1-3-8(9)5-16-11-7-17(14,15)6-10(11)13/h1-4,10-11H,5-7H2. The van der Waals surface area contributed by atoms with Crippen molar-refractivity contribution in [3.05, 3.63) is 34.9 Å². The first kappa shape index (κ1) is 13.6. The molecule has 0 saturated carbocycles. The highest BCUT2D eigenvalue weighted by molar-refractivity contribution is 14.1. The van der Waals surface area contributed by atoms with E-state index in [1.165, 1.54) is 0 Å². The Morgan fingerprint density at radius 1 is 1.35 bits per heavy atom. The SMILES string of the molecule is O=S1(=O)CC(I)C(OCc2ccccc2Cl)C1. The summed E-state index contributed by atoms with van der Waals surface area (Å²) in [6.45, 7) is 0.360.